The first-order chi connectivity index (χ1) is 7.63. The summed E-state index contributed by atoms with van der Waals surface area (Å²) in [4.78, 5) is 10.6. The van der Waals surface area contributed by atoms with Crippen molar-refractivity contribution in [3.8, 4) is 6.07 Å². The summed E-state index contributed by atoms with van der Waals surface area (Å²) >= 11 is 0. The van der Waals surface area contributed by atoms with Crippen LogP contribution in [0.1, 0.15) is 6.92 Å². The van der Waals surface area contributed by atoms with Gasteiger partial charge in [-0.3, -0.25) is 4.79 Å². The van der Waals surface area contributed by atoms with Gasteiger partial charge in [0.05, 0.1) is 38.6 Å². The zero-order valence-electron chi connectivity index (χ0n) is 9.51. The van der Waals surface area contributed by atoms with Crippen molar-refractivity contribution in [2.45, 2.75) is 13.0 Å². The number of methoxy groups -OCH3 is 1. The number of ether oxygens (including phenoxy) is 3. The van der Waals surface area contributed by atoms with Gasteiger partial charge in [0.25, 0.3) is 0 Å². The van der Waals surface area contributed by atoms with Gasteiger partial charge < -0.3 is 19.3 Å². The second-order valence-electron chi connectivity index (χ2n) is 3.13. The van der Waals surface area contributed by atoms with Gasteiger partial charge in [-0.05, 0) is 6.92 Å². The summed E-state index contributed by atoms with van der Waals surface area (Å²) in [5.41, 5.74) is 0. The number of carbonyl (C=O) groups is 1. The van der Waals surface area contributed by atoms with Crippen LogP contribution in [-0.2, 0) is 19.0 Å². The number of rotatable bonds is 9. The molecule has 0 spiro atoms. The smallest absolute Gasteiger partial charge is 0.323 e. The lowest BCUT2D eigenvalue weighted by atomic mass is 10.1. The molecule has 0 fully saturated rings. The van der Waals surface area contributed by atoms with Crippen molar-refractivity contribution in [1.82, 2.24) is 0 Å². The molecule has 0 aliphatic heterocycles. The first kappa shape index (κ1) is 14.8. The van der Waals surface area contributed by atoms with Gasteiger partial charge in [-0.1, -0.05) is 0 Å². The maximum Gasteiger partial charge on any atom is 0.323 e. The molecule has 0 aromatic heterocycles. The Kier molecular flexibility index (Phi) is 8.43. The predicted molar refractivity (Wildman–Crippen MR) is 54.8 cm³/mol. The quantitative estimate of drug-likeness (QED) is 0.573. The van der Waals surface area contributed by atoms with Crippen LogP contribution < -0.4 is 0 Å². The number of nitriles is 1. The Labute approximate surface area is 94.7 Å². The van der Waals surface area contributed by atoms with Gasteiger partial charge in [-0.25, -0.2) is 0 Å². The summed E-state index contributed by atoms with van der Waals surface area (Å²) in [7, 11) is 1.58. The molecule has 0 aliphatic carbocycles. The predicted octanol–water partition coefficient (Wildman–Crippen LogP) is 0.279. The monoisotopic (exact) mass is 231 g/mol. The van der Waals surface area contributed by atoms with Crippen molar-refractivity contribution in [3.63, 3.8) is 0 Å². The van der Waals surface area contributed by atoms with Crippen molar-refractivity contribution in [2.75, 3.05) is 33.5 Å². The second kappa shape index (κ2) is 9.09. The average Bonchev–Trinajstić information content (AvgIpc) is 2.23. The van der Waals surface area contributed by atoms with Crippen LogP contribution in [0.3, 0.4) is 0 Å². The zero-order chi connectivity index (χ0) is 12.4. The van der Waals surface area contributed by atoms with E-state index in [1.54, 1.807) is 20.1 Å². The molecular formula is C10H17NO5. The molecule has 0 aromatic rings. The van der Waals surface area contributed by atoms with Crippen LogP contribution in [0, 0.1) is 17.2 Å². The molecule has 92 valence electrons. The molecule has 6 nitrogen and oxygen atoms in total. The van der Waals surface area contributed by atoms with Gasteiger partial charge in [0.2, 0.25) is 0 Å². The van der Waals surface area contributed by atoms with Gasteiger partial charge in [-0.15, -0.1) is 0 Å². The van der Waals surface area contributed by atoms with E-state index in [1.165, 1.54) is 0 Å². The van der Waals surface area contributed by atoms with Crippen LogP contribution in [0.2, 0.25) is 0 Å². The Hall–Kier alpha value is -1.16. The van der Waals surface area contributed by atoms with E-state index < -0.39 is 18.0 Å². The zero-order valence-corrected chi connectivity index (χ0v) is 9.51. The molecule has 0 saturated carbocycles. The summed E-state index contributed by atoms with van der Waals surface area (Å²) in [5.74, 6) is -2.31. The number of nitrogens with zero attached hydrogens (tertiary/aromatic N) is 1. The lowest BCUT2D eigenvalue weighted by Crippen LogP contribution is -2.28. The topological polar surface area (TPSA) is 88.8 Å². The molecule has 0 aromatic carbocycles. The van der Waals surface area contributed by atoms with Crippen LogP contribution in [-0.4, -0.2) is 50.7 Å². The third kappa shape index (κ3) is 6.35. The van der Waals surface area contributed by atoms with Crippen molar-refractivity contribution in [1.29, 1.82) is 5.26 Å². The van der Waals surface area contributed by atoms with Crippen molar-refractivity contribution in [3.05, 3.63) is 0 Å². The molecule has 16 heavy (non-hydrogen) atoms. The number of carboxylic acid groups (broad SMARTS) is 1. The molecule has 0 bridgehead atoms. The molecule has 0 aliphatic rings. The molecule has 0 radical (unpaired) electrons. The number of hydrogen-bond acceptors (Lipinski definition) is 5. The standard InChI is InChI=1S/C10H17NO5/c1-8(9(7-11)10(12)13)16-6-5-15-4-3-14-2/h8-9H,3-6H2,1-2H3,(H,12,13). The summed E-state index contributed by atoms with van der Waals surface area (Å²) in [6, 6.07) is 1.68. The average molecular weight is 231 g/mol. The van der Waals surface area contributed by atoms with E-state index in [0.29, 0.717) is 19.8 Å². The molecule has 2 unspecified atom stereocenters. The van der Waals surface area contributed by atoms with E-state index in [4.69, 9.17) is 24.6 Å². The summed E-state index contributed by atoms with van der Waals surface area (Å²) in [5, 5.41) is 17.2. The highest BCUT2D eigenvalue weighted by Gasteiger charge is 2.24. The number of carboxylic acids is 1. The summed E-state index contributed by atoms with van der Waals surface area (Å²) in [6.07, 6.45) is -0.645. The third-order valence-corrected chi connectivity index (χ3v) is 1.91. The van der Waals surface area contributed by atoms with Crippen LogP contribution >= 0.6 is 0 Å². The van der Waals surface area contributed by atoms with Gasteiger partial charge >= 0.3 is 5.97 Å². The molecule has 6 heteroatoms. The minimum absolute atomic E-state index is 0.260. The van der Waals surface area contributed by atoms with Crippen LogP contribution in [0.5, 0.6) is 0 Å². The highest BCUT2D eigenvalue weighted by Crippen LogP contribution is 2.06. The fraction of sp³-hybridized carbons (Fsp3) is 0.800. The van der Waals surface area contributed by atoms with E-state index >= 15 is 0 Å². The maximum atomic E-state index is 10.6. The minimum Gasteiger partial charge on any atom is -0.480 e. The Morgan fingerprint density at radius 2 is 2.00 bits per heavy atom. The number of hydrogen-bond donors (Lipinski definition) is 1. The van der Waals surface area contributed by atoms with Crippen LogP contribution in [0.25, 0.3) is 0 Å². The molecule has 1 N–H and O–H groups in total. The first-order valence-corrected chi connectivity index (χ1v) is 4.94. The number of aliphatic carboxylic acids is 1. The highest BCUT2D eigenvalue weighted by molar-refractivity contribution is 5.73. The van der Waals surface area contributed by atoms with E-state index in [9.17, 15) is 4.79 Å². The fourth-order valence-electron chi connectivity index (χ4n) is 0.994. The van der Waals surface area contributed by atoms with Gasteiger partial charge in [0, 0.05) is 7.11 Å². The van der Waals surface area contributed by atoms with E-state index in [-0.39, 0.29) is 6.61 Å². The lowest BCUT2D eigenvalue weighted by Gasteiger charge is -2.14. The largest absolute Gasteiger partial charge is 0.480 e. The van der Waals surface area contributed by atoms with Gasteiger partial charge in [0.1, 0.15) is 0 Å². The second-order valence-corrected chi connectivity index (χ2v) is 3.13. The van der Waals surface area contributed by atoms with Gasteiger partial charge in [0.15, 0.2) is 5.92 Å². The lowest BCUT2D eigenvalue weighted by molar-refractivity contribution is -0.144. The van der Waals surface area contributed by atoms with Crippen molar-refractivity contribution in [2.24, 2.45) is 5.92 Å². The Morgan fingerprint density at radius 3 is 2.50 bits per heavy atom. The molecule has 0 heterocycles. The van der Waals surface area contributed by atoms with Gasteiger partial charge in [-0.2, -0.15) is 5.26 Å². The Bertz CT molecular complexity index is 238. The molecule has 2 atom stereocenters. The summed E-state index contributed by atoms with van der Waals surface area (Å²) < 4.78 is 15.1. The normalized spacial score (nSPS) is 14.1. The Morgan fingerprint density at radius 1 is 1.38 bits per heavy atom. The molecule has 0 amide bonds. The highest BCUT2D eigenvalue weighted by atomic mass is 16.5. The minimum atomic E-state index is -1.17. The van der Waals surface area contributed by atoms with E-state index in [1.807, 2.05) is 0 Å². The van der Waals surface area contributed by atoms with Crippen molar-refractivity contribution >= 4 is 5.97 Å². The molecular weight excluding hydrogens is 214 g/mol. The fourth-order valence-corrected chi connectivity index (χ4v) is 0.994. The Balaban J connectivity index is 3.61. The molecule has 0 rings (SSSR count). The van der Waals surface area contributed by atoms with Crippen molar-refractivity contribution < 1.29 is 24.1 Å². The summed E-state index contributed by atoms with van der Waals surface area (Å²) in [6.45, 7) is 3.14. The van der Waals surface area contributed by atoms with E-state index in [0.717, 1.165) is 0 Å². The van der Waals surface area contributed by atoms with Crippen LogP contribution in [0.4, 0.5) is 0 Å². The SMILES string of the molecule is COCCOCCOC(C)C(C#N)C(=O)O. The van der Waals surface area contributed by atoms with Crippen LogP contribution in [0.15, 0.2) is 0 Å². The third-order valence-electron chi connectivity index (χ3n) is 1.91. The van der Waals surface area contributed by atoms with E-state index in [2.05, 4.69) is 0 Å². The maximum absolute atomic E-state index is 10.6. The first-order valence-electron chi connectivity index (χ1n) is 4.94. The molecule has 0 saturated heterocycles.